The lowest BCUT2D eigenvalue weighted by molar-refractivity contribution is -0.127. The molecule has 2 amide bonds. The Balaban J connectivity index is 1.59. The van der Waals surface area contributed by atoms with Gasteiger partial charge in [-0.3, -0.25) is 9.59 Å². The average molecular weight is 430 g/mol. The predicted molar refractivity (Wildman–Crippen MR) is 112 cm³/mol. The summed E-state index contributed by atoms with van der Waals surface area (Å²) in [4.78, 5) is 28.6. The second-order valence-electron chi connectivity index (χ2n) is 7.05. The molecule has 1 fully saturated rings. The summed E-state index contributed by atoms with van der Waals surface area (Å²) in [5.41, 5.74) is 1.87. The molecule has 1 aliphatic heterocycles. The molecule has 0 aliphatic carbocycles. The van der Waals surface area contributed by atoms with Gasteiger partial charge in [0.05, 0.1) is 7.11 Å². The summed E-state index contributed by atoms with van der Waals surface area (Å²) in [6, 6.07) is 11.6. The minimum absolute atomic E-state index is 0.00509. The van der Waals surface area contributed by atoms with Crippen molar-refractivity contribution in [2.45, 2.75) is 13.5 Å². The number of nitrogens with zero attached hydrogens (tertiary/aromatic N) is 2. The van der Waals surface area contributed by atoms with Gasteiger partial charge in [-0.15, -0.1) is 0 Å². The predicted octanol–water partition coefficient (Wildman–Crippen LogP) is 3.60. The molecule has 2 aromatic carbocycles. The average Bonchev–Trinajstić information content (AvgIpc) is 2.78. The molecule has 164 valence electrons. The molecule has 3 rings (SSSR count). The highest BCUT2D eigenvalue weighted by atomic mass is 19.3. The molecule has 6 nitrogen and oxygen atoms in total. The van der Waals surface area contributed by atoms with Crippen molar-refractivity contribution < 1.29 is 27.8 Å². The van der Waals surface area contributed by atoms with Crippen molar-refractivity contribution in [2.75, 3.05) is 33.3 Å². The number of piperazine rings is 1. The van der Waals surface area contributed by atoms with Crippen LogP contribution in [0, 0.1) is 6.92 Å². The highest BCUT2D eigenvalue weighted by Gasteiger charge is 2.24. The lowest BCUT2D eigenvalue weighted by atomic mass is 10.1. The van der Waals surface area contributed by atoms with Crippen LogP contribution < -0.4 is 9.47 Å². The van der Waals surface area contributed by atoms with Gasteiger partial charge in [-0.2, -0.15) is 8.78 Å². The van der Waals surface area contributed by atoms with Crippen LogP contribution in [0.1, 0.15) is 21.5 Å². The van der Waals surface area contributed by atoms with Crippen molar-refractivity contribution in [3.63, 3.8) is 0 Å². The monoisotopic (exact) mass is 430 g/mol. The number of aryl methyl sites for hydroxylation is 1. The van der Waals surface area contributed by atoms with Crippen molar-refractivity contribution in [3.8, 4) is 11.5 Å². The van der Waals surface area contributed by atoms with E-state index in [2.05, 4.69) is 4.74 Å². The number of hydrogen-bond acceptors (Lipinski definition) is 4. The zero-order valence-electron chi connectivity index (χ0n) is 17.4. The van der Waals surface area contributed by atoms with E-state index in [1.54, 1.807) is 47.2 Å². The molecule has 1 saturated heterocycles. The summed E-state index contributed by atoms with van der Waals surface area (Å²) in [5, 5.41) is 0. The van der Waals surface area contributed by atoms with Crippen molar-refractivity contribution in [1.82, 2.24) is 9.80 Å². The van der Waals surface area contributed by atoms with Gasteiger partial charge < -0.3 is 19.3 Å². The van der Waals surface area contributed by atoms with Crippen LogP contribution in [0.2, 0.25) is 0 Å². The van der Waals surface area contributed by atoms with Gasteiger partial charge >= 0.3 is 6.61 Å². The smallest absolute Gasteiger partial charge is 0.387 e. The van der Waals surface area contributed by atoms with E-state index in [1.807, 2.05) is 13.0 Å². The number of benzene rings is 2. The molecule has 31 heavy (non-hydrogen) atoms. The second kappa shape index (κ2) is 10.1. The van der Waals surface area contributed by atoms with Gasteiger partial charge in [0.15, 0.2) is 0 Å². The number of carbonyl (C=O) groups excluding carboxylic acids is 2. The van der Waals surface area contributed by atoms with E-state index in [0.717, 1.165) is 5.56 Å². The van der Waals surface area contributed by atoms with Crippen molar-refractivity contribution in [1.29, 1.82) is 0 Å². The zero-order valence-corrected chi connectivity index (χ0v) is 17.4. The number of halogens is 2. The molecule has 0 unspecified atom stereocenters. The van der Waals surface area contributed by atoms with Crippen LogP contribution >= 0.6 is 0 Å². The molecular weight excluding hydrogens is 406 g/mol. The number of alkyl halides is 2. The highest BCUT2D eigenvalue weighted by molar-refractivity contribution is 5.95. The van der Waals surface area contributed by atoms with Crippen LogP contribution in [-0.2, 0) is 4.79 Å². The molecule has 1 heterocycles. The van der Waals surface area contributed by atoms with E-state index in [0.29, 0.717) is 43.1 Å². The number of hydrogen-bond donors (Lipinski definition) is 0. The minimum Gasteiger partial charge on any atom is -0.496 e. The fourth-order valence-corrected chi connectivity index (χ4v) is 3.35. The van der Waals surface area contributed by atoms with E-state index < -0.39 is 6.61 Å². The molecule has 2 aromatic rings. The lowest BCUT2D eigenvalue weighted by Gasteiger charge is -2.34. The molecule has 0 saturated carbocycles. The Hall–Kier alpha value is -3.42. The highest BCUT2D eigenvalue weighted by Crippen LogP contribution is 2.22. The van der Waals surface area contributed by atoms with Crippen molar-refractivity contribution in [2.24, 2.45) is 0 Å². The maximum Gasteiger partial charge on any atom is 0.387 e. The first-order chi connectivity index (χ1) is 14.9. The number of amides is 2. The fraction of sp³-hybridized carbons (Fsp3) is 0.304. The van der Waals surface area contributed by atoms with Crippen LogP contribution in [-0.4, -0.2) is 61.5 Å². The van der Waals surface area contributed by atoms with Gasteiger partial charge in [0.1, 0.15) is 11.5 Å². The van der Waals surface area contributed by atoms with E-state index in [-0.39, 0.29) is 17.6 Å². The molecule has 1 aliphatic rings. The SMILES string of the molecule is COc1cc(C(=O)N2CCN(C(=O)/C=C/c3ccccc3OC(F)F)CC2)ccc1C. The maximum atomic E-state index is 12.8. The zero-order chi connectivity index (χ0) is 22.4. The van der Waals surface area contributed by atoms with Gasteiger partial charge in [0, 0.05) is 43.4 Å². The summed E-state index contributed by atoms with van der Waals surface area (Å²) in [7, 11) is 1.56. The summed E-state index contributed by atoms with van der Waals surface area (Å²) in [5.74, 6) is 0.293. The molecule has 8 heteroatoms. The largest absolute Gasteiger partial charge is 0.496 e. The Morgan fingerprint density at radius 3 is 2.35 bits per heavy atom. The summed E-state index contributed by atoms with van der Waals surface area (Å²) < 4.78 is 34.8. The molecular formula is C23H24F2N2O4. The van der Waals surface area contributed by atoms with Crippen LogP contribution in [0.25, 0.3) is 6.08 Å². The van der Waals surface area contributed by atoms with Gasteiger partial charge in [0.25, 0.3) is 5.91 Å². The van der Waals surface area contributed by atoms with Gasteiger partial charge in [-0.1, -0.05) is 24.3 Å². The van der Waals surface area contributed by atoms with Crippen LogP contribution in [0.3, 0.4) is 0 Å². The normalized spacial score (nSPS) is 14.2. The number of carbonyl (C=O) groups is 2. The van der Waals surface area contributed by atoms with E-state index in [9.17, 15) is 18.4 Å². The molecule has 0 N–H and O–H groups in total. The first-order valence-corrected chi connectivity index (χ1v) is 9.84. The third kappa shape index (κ3) is 5.59. The second-order valence-corrected chi connectivity index (χ2v) is 7.05. The number of rotatable bonds is 6. The van der Waals surface area contributed by atoms with Crippen LogP contribution in [0.15, 0.2) is 48.5 Å². The number of ether oxygens (including phenoxy) is 2. The van der Waals surface area contributed by atoms with E-state index in [4.69, 9.17) is 4.74 Å². The molecule has 0 aromatic heterocycles. The number of para-hydroxylation sites is 1. The van der Waals surface area contributed by atoms with Gasteiger partial charge in [-0.25, -0.2) is 0 Å². The quantitative estimate of drug-likeness (QED) is 0.657. The lowest BCUT2D eigenvalue weighted by Crippen LogP contribution is -2.50. The van der Waals surface area contributed by atoms with Gasteiger partial charge in [0.2, 0.25) is 5.91 Å². The fourth-order valence-electron chi connectivity index (χ4n) is 3.35. The summed E-state index contributed by atoms with van der Waals surface area (Å²) in [6.45, 7) is 0.534. The molecule has 0 atom stereocenters. The van der Waals surface area contributed by atoms with Crippen LogP contribution in [0.5, 0.6) is 11.5 Å². The van der Waals surface area contributed by atoms with Gasteiger partial charge in [-0.05, 0) is 36.8 Å². The molecule has 0 spiro atoms. The third-order valence-corrected chi connectivity index (χ3v) is 5.07. The Labute approximate surface area is 179 Å². The summed E-state index contributed by atoms with van der Waals surface area (Å²) >= 11 is 0. The third-order valence-electron chi connectivity index (χ3n) is 5.07. The van der Waals surface area contributed by atoms with Crippen molar-refractivity contribution in [3.05, 3.63) is 65.2 Å². The van der Waals surface area contributed by atoms with E-state index in [1.165, 1.54) is 18.2 Å². The van der Waals surface area contributed by atoms with Crippen LogP contribution in [0.4, 0.5) is 8.78 Å². The topological polar surface area (TPSA) is 59.1 Å². The minimum atomic E-state index is -2.94. The Morgan fingerprint density at radius 2 is 1.68 bits per heavy atom. The maximum absolute atomic E-state index is 12.8. The first-order valence-electron chi connectivity index (χ1n) is 9.84. The Kier molecular flexibility index (Phi) is 7.23. The van der Waals surface area contributed by atoms with E-state index >= 15 is 0 Å². The standard InChI is InChI=1S/C23H24F2N2O4/c1-16-7-8-18(15-20(16)30-2)22(29)27-13-11-26(12-14-27)21(28)10-9-17-5-3-4-6-19(17)31-23(24)25/h3-10,15,23H,11-14H2,1-2H3/b10-9+. The Morgan fingerprint density at radius 1 is 1.00 bits per heavy atom. The summed E-state index contributed by atoms with van der Waals surface area (Å²) in [6.07, 6.45) is 2.78. The van der Waals surface area contributed by atoms with Crippen molar-refractivity contribution >= 4 is 17.9 Å². The Bertz CT molecular complexity index is 970. The number of methoxy groups -OCH3 is 1. The molecule has 0 radical (unpaired) electrons. The first kappa shape index (κ1) is 22.3. The molecule has 0 bridgehead atoms.